The maximum Gasteiger partial charge on any atom is 0.146 e. The Hall–Kier alpha value is -0.500. The molecule has 0 amide bonds. The Morgan fingerprint density at radius 3 is 2.55 bits per heavy atom. The highest BCUT2D eigenvalue weighted by Gasteiger charge is 2.18. The molecule has 0 bridgehead atoms. The van der Waals surface area contributed by atoms with E-state index in [1.165, 1.54) is 0 Å². The summed E-state index contributed by atoms with van der Waals surface area (Å²) in [4.78, 5) is 10.1. The molecule has 0 aromatic heterocycles. The normalized spacial score (nSPS) is 29.8. The highest BCUT2D eigenvalue weighted by Crippen LogP contribution is 2.00. The highest BCUT2D eigenvalue weighted by molar-refractivity contribution is 5.85. The quantitative estimate of drug-likeness (QED) is 0.515. The molecule has 0 aromatic carbocycles. The van der Waals surface area contributed by atoms with Crippen LogP contribution in [0, 0.1) is 0 Å². The summed E-state index contributed by atoms with van der Waals surface area (Å²) in [5.74, 6) is 1.85. The van der Waals surface area contributed by atoms with E-state index in [9.17, 15) is 4.79 Å². The second-order valence-corrected chi connectivity index (χ2v) is 2.68. The van der Waals surface area contributed by atoms with Gasteiger partial charge in [0.1, 0.15) is 11.6 Å². The lowest BCUT2D eigenvalue weighted by molar-refractivity contribution is 0.396. The average molecular weight is 177 g/mol. The molecule has 0 saturated carbocycles. The van der Waals surface area contributed by atoms with E-state index >= 15 is 0 Å². The predicted octanol–water partition coefficient (Wildman–Crippen LogP) is 0.0935. The molecule has 0 radical (unpaired) electrons. The van der Waals surface area contributed by atoms with Gasteiger partial charge in [0.05, 0.1) is 0 Å². The molecule has 11 heavy (non-hydrogen) atoms. The zero-order valence-corrected chi connectivity index (χ0v) is 7.49. The molecule has 0 spiro atoms. The molecule has 1 aliphatic rings. The first kappa shape index (κ1) is 10.5. The zero-order valence-electron chi connectivity index (χ0n) is 6.68. The van der Waals surface area contributed by atoms with Gasteiger partial charge in [-0.05, 0) is 13.8 Å². The van der Waals surface area contributed by atoms with Crippen molar-refractivity contribution in [1.29, 1.82) is 0 Å². The minimum atomic E-state index is 0. The predicted molar refractivity (Wildman–Crippen MR) is 46.5 cm³/mol. The summed E-state index contributed by atoms with van der Waals surface area (Å²) in [6.45, 7) is 4.74. The van der Waals surface area contributed by atoms with Crippen LogP contribution in [0.2, 0.25) is 0 Å². The number of piperazine rings is 1. The molecule has 1 fully saturated rings. The molecular weight excluding hydrogens is 164 g/mol. The Balaban J connectivity index is 0.000001000. The fraction of sp³-hybridized carbons (Fsp3) is 0.714. The van der Waals surface area contributed by atoms with Gasteiger partial charge in [-0.2, -0.15) is 0 Å². The van der Waals surface area contributed by atoms with Gasteiger partial charge >= 0.3 is 0 Å². The first-order chi connectivity index (χ1) is 4.74. The third-order valence-corrected chi connectivity index (χ3v) is 1.88. The van der Waals surface area contributed by atoms with Crippen LogP contribution in [0.5, 0.6) is 0 Å². The van der Waals surface area contributed by atoms with Gasteiger partial charge in [-0.15, -0.1) is 12.4 Å². The van der Waals surface area contributed by atoms with Crippen molar-refractivity contribution in [3.63, 3.8) is 0 Å². The molecule has 1 heterocycles. The number of rotatable bonds is 0. The van der Waals surface area contributed by atoms with Gasteiger partial charge in [0.2, 0.25) is 0 Å². The maximum absolute atomic E-state index is 10.1. The number of halogens is 1. The standard InChI is InChI=1S/C7H12N2O.ClH/c1-5-6(2)9-7(4-10)3-8-5;/h5-6,8-9H,3H2,1-2H3;1H. The summed E-state index contributed by atoms with van der Waals surface area (Å²) in [5.41, 5.74) is 0.630. The summed E-state index contributed by atoms with van der Waals surface area (Å²) in [6.07, 6.45) is 0. The first-order valence-electron chi connectivity index (χ1n) is 3.48. The lowest BCUT2D eigenvalue weighted by Gasteiger charge is -2.29. The third-order valence-electron chi connectivity index (χ3n) is 1.88. The summed E-state index contributed by atoms with van der Waals surface area (Å²) >= 11 is 0. The third kappa shape index (κ3) is 2.54. The topological polar surface area (TPSA) is 41.1 Å². The Morgan fingerprint density at radius 1 is 1.45 bits per heavy atom. The van der Waals surface area contributed by atoms with Crippen molar-refractivity contribution >= 4 is 18.3 Å². The SMILES string of the molecule is CC1NCC(=C=O)NC1C.Cl. The Morgan fingerprint density at radius 2 is 2.09 bits per heavy atom. The summed E-state index contributed by atoms with van der Waals surface area (Å²) < 4.78 is 0. The van der Waals surface area contributed by atoms with Crippen molar-refractivity contribution in [3.8, 4) is 0 Å². The molecule has 64 valence electrons. The average Bonchev–Trinajstić information content (AvgIpc) is 1.95. The van der Waals surface area contributed by atoms with E-state index in [-0.39, 0.29) is 12.4 Å². The molecule has 2 N–H and O–H groups in total. The number of nitrogens with one attached hydrogen (secondary N) is 2. The maximum atomic E-state index is 10.1. The van der Waals surface area contributed by atoms with Crippen LogP contribution in [-0.2, 0) is 4.79 Å². The van der Waals surface area contributed by atoms with Crippen LogP contribution in [0.3, 0.4) is 0 Å². The Kier molecular flexibility index (Phi) is 4.19. The molecular formula is C7H13ClN2O. The van der Waals surface area contributed by atoms with Crippen molar-refractivity contribution < 1.29 is 4.79 Å². The molecule has 2 atom stereocenters. The fourth-order valence-corrected chi connectivity index (χ4v) is 0.956. The van der Waals surface area contributed by atoms with E-state index in [0.29, 0.717) is 24.3 Å². The monoisotopic (exact) mass is 176 g/mol. The molecule has 1 saturated heterocycles. The van der Waals surface area contributed by atoms with Crippen LogP contribution >= 0.6 is 12.4 Å². The zero-order chi connectivity index (χ0) is 7.56. The van der Waals surface area contributed by atoms with Gasteiger partial charge in [-0.25, -0.2) is 4.79 Å². The van der Waals surface area contributed by atoms with Crippen LogP contribution in [0.1, 0.15) is 13.8 Å². The molecule has 2 unspecified atom stereocenters. The second-order valence-electron chi connectivity index (χ2n) is 2.68. The van der Waals surface area contributed by atoms with Crippen molar-refractivity contribution in [2.24, 2.45) is 0 Å². The Labute approximate surface area is 72.6 Å². The van der Waals surface area contributed by atoms with E-state index in [2.05, 4.69) is 17.6 Å². The second kappa shape index (κ2) is 4.39. The van der Waals surface area contributed by atoms with Crippen LogP contribution < -0.4 is 10.6 Å². The van der Waals surface area contributed by atoms with E-state index in [1.54, 1.807) is 0 Å². The van der Waals surface area contributed by atoms with Gasteiger partial charge in [0.25, 0.3) is 0 Å². The minimum Gasteiger partial charge on any atom is -0.374 e. The Bertz CT molecular complexity index is 177. The highest BCUT2D eigenvalue weighted by atomic mass is 35.5. The van der Waals surface area contributed by atoms with Crippen molar-refractivity contribution in [1.82, 2.24) is 10.6 Å². The van der Waals surface area contributed by atoms with E-state index < -0.39 is 0 Å². The largest absolute Gasteiger partial charge is 0.374 e. The summed E-state index contributed by atoms with van der Waals surface area (Å²) in [6, 6.07) is 0.752. The number of hydrogen-bond donors (Lipinski definition) is 2. The van der Waals surface area contributed by atoms with Gasteiger partial charge in [0, 0.05) is 18.6 Å². The lowest BCUT2D eigenvalue weighted by atomic mass is 10.1. The van der Waals surface area contributed by atoms with E-state index in [4.69, 9.17) is 0 Å². The van der Waals surface area contributed by atoms with Crippen molar-refractivity contribution in [3.05, 3.63) is 5.70 Å². The van der Waals surface area contributed by atoms with Crippen LogP contribution in [-0.4, -0.2) is 24.6 Å². The van der Waals surface area contributed by atoms with Crippen molar-refractivity contribution in [2.45, 2.75) is 25.9 Å². The summed E-state index contributed by atoms with van der Waals surface area (Å²) in [7, 11) is 0. The van der Waals surface area contributed by atoms with Gasteiger partial charge in [-0.1, -0.05) is 0 Å². The minimum absolute atomic E-state index is 0. The first-order valence-corrected chi connectivity index (χ1v) is 3.48. The molecule has 3 nitrogen and oxygen atoms in total. The van der Waals surface area contributed by atoms with Gasteiger partial charge < -0.3 is 10.6 Å². The van der Waals surface area contributed by atoms with Crippen LogP contribution in [0.15, 0.2) is 5.70 Å². The fourth-order valence-electron chi connectivity index (χ4n) is 0.956. The molecule has 0 aliphatic carbocycles. The van der Waals surface area contributed by atoms with Gasteiger partial charge in [-0.3, -0.25) is 0 Å². The molecule has 1 rings (SSSR count). The molecule has 0 aromatic rings. The summed E-state index contributed by atoms with van der Waals surface area (Å²) in [5, 5.41) is 6.22. The van der Waals surface area contributed by atoms with E-state index in [0.717, 1.165) is 0 Å². The molecule has 4 heteroatoms. The van der Waals surface area contributed by atoms with Crippen LogP contribution in [0.4, 0.5) is 0 Å². The van der Waals surface area contributed by atoms with Crippen LogP contribution in [0.25, 0.3) is 0 Å². The van der Waals surface area contributed by atoms with Crippen molar-refractivity contribution in [2.75, 3.05) is 6.54 Å². The van der Waals surface area contributed by atoms with Gasteiger partial charge in [0.15, 0.2) is 0 Å². The lowest BCUT2D eigenvalue weighted by Crippen LogP contribution is -2.51. The smallest absolute Gasteiger partial charge is 0.146 e. The van der Waals surface area contributed by atoms with E-state index in [1.807, 2.05) is 12.9 Å². The number of hydrogen-bond acceptors (Lipinski definition) is 3. The number of carbonyl (C=O) groups excluding carboxylic acids is 1. The molecule has 1 aliphatic heterocycles.